The van der Waals surface area contributed by atoms with Crippen LogP contribution in [-0.2, 0) is 4.74 Å². The van der Waals surface area contributed by atoms with Crippen molar-refractivity contribution in [1.29, 1.82) is 0 Å². The fourth-order valence-corrected chi connectivity index (χ4v) is 2.84. The molecule has 90 valence electrons. The van der Waals surface area contributed by atoms with Crippen LogP contribution < -0.4 is 5.32 Å². The highest BCUT2D eigenvalue weighted by molar-refractivity contribution is 7.99. The second-order valence-corrected chi connectivity index (χ2v) is 5.38. The summed E-state index contributed by atoms with van der Waals surface area (Å²) in [5.41, 5.74) is 0. The van der Waals surface area contributed by atoms with Crippen molar-refractivity contribution in [1.82, 2.24) is 5.32 Å². The molecule has 0 radical (unpaired) electrons. The molecule has 1 heterocycles. The van der Waals surface area contributed by atoms with E-state index in [0.29, 0.717) is 0 Å². The average molecular weight is 231 g/mol. The number of hydrogen-bond acceptors (Lipinski definition) is 3. The van der Waals surface area contributed by atoms with Gasteiger partial charge < -0.3 is 10.1 Å². The molecule has 0 saturated carbocycles. The van der Waals surface area contributed by atoms with E-state index < -0.39 is 0 Å². The number of ether oxygens (including phenoxy) is 1. The monoisotopic (exact) mass is 231 g/mol. The first kappa shape index (κ1) is 13.3. The second kappa shape index (κ2) is 9.49. The Hall–Kier alpha value is 0.270. The topological polar surface area (TPSA) is 21.3 Å². The summed E-state index contributed by atoms with van der Waals surface area (Å²) in [6, 6.07) is 0.780. The molecule has 0 atom stereocenters. The van der Waals surface area contributed by atoms with E-state index in [1.807, 2.05) is 0 Å². The summed E-state index contributed by atoms with van der Waals surface area (Å²) in [4.78, 5) is 0. The Balaban J connectivity index is 1.79. The summed E-state index contributed by atoms with van der Waals surface area (Å²) in [6.07, 6.45) is 6.29. The molecule has 0 aromatic carbocycles. The highest BCUT2D eigenvalue weighted by atomic mass is 32.2. The maximum Gasteiger partial charge on any atom is 0.0478 e. The number of thioether (sulfide) groups is 1. The van der Waals surface area contributed by atoms with Crippen LogP contribution >= 0.6 is 11.8 Å². The third kappa shape index (κ3) is 7.20. The van der Waals surface area contributed by atoms with Crippen LogP contribution in [0.1, 0.15) is 39.0 Å². The number of unbranched alkanes of at least 4 members (excludes halogenated alkanes) is 1. The number of nitrogens with one attached hydrogen (secondary N) is 1. The lowest BCUT2D eigenvalue weighted by molar-refractivity contribution is 0.128. The molecule has 1 N–H and O–H groups in total. The van der Waals surface area contributed by atoms with Crippen molar-refractivity contribution in [3.8, 4) is 0 Å². The lowest BCUT2D eigenvalue weighted by Gasteiger charge is -2.22. The van der Waals surface area contributed by atoms with Crippen molar-refractivity contribution in [2.24, 2.45) is 0 Å². The molecule has 1 aliphatic rings. The lowest BCUT2D eigenvalue weighted by atomic mass is 10.1. The van der Waals surface area contributed by atoms with Gasteiger partial charge in [-0.25, -0.2) is 0 Å². The van der Waals surface area contributed by atoms with Gasteiger partial charge in [0.15, 0.2) is 0 Å². The zero-order chi connectivity index (χ0) is 10.8. The van der Waals surface area contributed by atoms with Gasteiger partial charge in [0.05, 0.1) is 0 Å². The molecule has 0 bridgehead atoms. The molecule has 0 spiro atoms. The van der Waals surface area contributed by atoms with E-state index in [9.17, 15) is 0 Å². The first-order chi connectivity index (χ1) is 7.43. The van der Waals surface area contributed by atoms with Crippen molar-refractivity contribution in [3.63, 3.8) is 0 Å². The standard InChI is InChI=1S/C12H25NOS/c1-2-3-8-14-9-4-7-13-12-5-10-15-11-6-12/h12-13H,2-11H2,1H3. The van der Waals surface area contributed by atoms with Gasteiger partial charge in [0.1, 0.15) is 0 Å². The highest BCUT2D eigenvalue weighted by Crippen LogP contribution is 2.16. The maximum absolute atomic E-state index is 5.52. The average Bonchev–Trinajstić information content (AvgIpc) is 2.29. The number of rotatable bonds is 8. The summed E-state index contributed by atoms with van der Waals surface area (Å²) in [7, 11) is 0. The Kier molecular flexibility index (Phi) is 8.44. The van der Waals surface area contributed by atoms with Crippen molar-refractivity contribution in [2.75, 3.05) is 31.3 Å². The van der Waals surface area contributed by atoms with Gasteiger partial charge in [0, 0.05) is 19.3 Å². The molecule has 0 aliphatic carbocycles. The van der Waals surface area contributed by atoms with Crippen LogP contribution in [0.15, 0.2) is 0 Å². The Morgan fingerprint density at radius 2 is 1.93 bits per heavy atom. The third-order valence-electron chi connectivity index (χ3n) is 2.76. The van der Waals surface area contributed by atoms with Crippen LogP contribution in [0.4, 0.5) is 0 Å². The van der Waals surface area contributed by atoms with E-state index in [1.54, 1.807) is 0 Å². The van der Waals surface area contributed by atoms with Crippen molar-refractivity contribution in [3.05, 3.63) is 0 Å². The minimum atomic E-state index is 0.780. The van der Waals surface area contributed by atoms with E-state index in [-0.39, 0.29) is 0 Å². The fraction of sp³-hybridized carbons (Fsp3) is 1.00. The minimum absolute atomic E-state index is 0.780. The van der Waals surface area contributed by atoms with Gasteiger partial charge >= 0.3 is 0 Å². The van der Waals surface area contributed by atoms with Crippen LogP contribution in [0, 0.1) is 0 Å². The normalized spacial score (nSPS) is 18.2. The SMILES string of the molecule is CCCCOCCCNC1CCSCC1. The van der Waals surface area contributed by atoms with E-state index in [1.165, 1.54) is 37.2 Å². The van der Waals surface area contributed by atoms with Gasteiger partial charge in [-0.1, -0.05) is 13.3 Å². The Labute approximate surface area is 98.5 Å². The molecule has 3 heteroatoms. The zero-order valence-corrected chi connectivity index (χ0v) is 10.8. The van der Waals surface area contributed by atoms with Crippen LogP contribution in [0.3, 0.4) is 0 Å². The first-order valence-electron chi connectivity index (χ1n) is 6.32. The Morgan fingerprint density at radius 3 is 2.67 bits per heavy atom. The van der Waals surface area contributed by atoms with Crippen LogP contribution in [0.25, 0.3) is 0 Å². The molecule has 0 amide bonds. The van der Waals surface area contributed by atoms with Crippen LogP contribution in [0.5, 0.6) is 0 Å². The summed E-state index contributed by atoms with van der Waals surface area (Å²) in [5, 5.41) is 3.62. The van der Waals surface area contributed by atoms with E-state index in [4.69, 9.17) is 4.74 Å². The first-order valence-corrected chi connectivity index (χ1v) is 7.48. The minimum Gasteiger partial charge on any atom is -0.381 e. The molecular formula is C12H25NOS. The summed E-state index contributed by atoms with van der Waals surface area (Å²) < 4.78 is 5.52. The quantitative estimate of drug-likeness (QED) is 0.649. The molecule has 1 fully saturated rings. The third-order valence-corrected chi connectivity index (χ3v) is 3.81. The summed E-state index contributed by atoms with van der Waals surface area (Å²) >= 11 is 2.09. The summed E-state index contributed by atoms with van der Waals surface area (Å²) in [5.74, 6) is 2.68. The predicted molar refractivity (Wildman–Crippen MR) is 68.7 cm³/mol. The molecule has 15 heavy (non-hydrogen) atoms. The van der Waals surface area contributed by atoms with Gasteiger partial charge in [-0.3, -0.25) is 0 Å². The van der Waals surface area contributed by atoms with Gasteiger partial charge in [-0.15, -0.1) is 0 Å². The van der Waals surface area contributed by atoms with Crippen LogP contribution in [-0.4, -0.2) is 37.3 Å². The molecular weight excluding hydrogens is 206 g/mol. The maximum atomic E-state index is 5.52. The predicted octanol–water partition coefficient (Wildman–Crippen LogP) is 2.68. The van der Waals surface area contributed by atoms with Gasteiger partial charge in [-0.2, -0.15) is 11.8 Å². The molecule has 2 nitrogen and oxygen atoms in total. The number of hydrogen-bond donors (Lipinski definition) is 1. The molecule has 0 aromatic rings. The smallest absolute Gasteiger partial charge is 0.0478 e. The van der Waals surface area contributed by atoms with Crippen molar-refractivity contribution < 1.29 is 4.74 Å². The van der Waals surface area contributed by atoms with Gasteiger partial charge in [0.25, 0.3) is 0 Å². The van der Waals surface area contributed by atoms with Gasteiger partial charge in [-0.05, 0) is 43.7 Å². The Bertz CT molecular complexity index is 138. The largest absolute Gasteiger partial charge is 0.381 e. The van der Waals surface area contributed by atoms with E-state index in [0.717, 1.165) is 32.2 Å². The van der Waals surface area contributed by atoms with E-state index in [2.05, 4.69) is 24.0 Å². The van der Waals surface area contributed by atoms with Crippen molar-refractivity contribution >= 4 is 11.8 Å². The van der Waals surface area contributed by atoms with E-state index >= 15 is 0 Å². The van der Waals surface area contributed by atoms with Crippen molar-refractivity contribution in [2.45, 2.75) is 45.1 Å². The summed E-state index contributed by atoms with van der Waals surface area (Å²) in [6.45, 7) is 5.19. The lowest BCUT2D eigenvalue weighted by Crippen LogP contribution is -2.33. The molecule has 1 rings (SSSR count). The molecule has 1 aliphatic heterocycles. The fourth-order valence-electron chi connectivity index (χ4n) is 1.73. The Morgan fingerprint density at radius 1 is 1.20 bits per heavy atom. The molecule has 1 saturated heterocycles. The zero-order valence-electron chi connectivity index (χ0n) is 9.96. The second-order valence-electron chi connectivity index (χ2n) is 4.16. The van der Waals surface area contributed by atoms with Gasteiger partial charge in [0.2, 0.25) is 0 Å². The highest BCUT2D eigenvalue weighted by Gasteiger charge is 2.11. The van der Waals surface area contributed by atoms with Crippen LogP contribution in [0.2, 0.25) is 0 Å². The molecule has 0 aromatic heterocycles. The molecule has 0 unspecified atom stereocenters.